The molecule has 5 nitrogen and oxygen atoms in total. The number of carbonyl (C=O) groups excluding carboxylic acids is 1. The topological polar surface area (TPSA) is 63.7 Å². The van der Waals surface area contributed by atoms with E-state index in [1.165, 1.54) is 5.41 Å². The molecule has 0 saturated carbocycles. The van der Waals surface area contributed by atoms with Gasteiger partial charge in [0.15, 0.2) is 9.84 Å². The molecule has 1 aromatic carbocycles. The van der Waals surface area contributed by atoms with Crippen molar-refractivity contribution in [3.05, 3.63) is 41.3 Å². The highest BCUT2D eigenvalue weighted by Gasteiger charge is 2.36. The van der Waals surface area contributed by atoms with Crippen molar-refractivity contribution in [1.29, 1.82) is 0 Å². The van der Waals surface area contributed by atoms with Gasteiger partial charge < -0.3 is 9.64 Å². The molecule has 2 aliphatic rings. The van der Waals surface area contributed by atoms with Gasteiger partial charge in [0.25, 0.3) is 5.91 Å². The molecule has 22 heavy (non-hydrogen) atoms. The molecule has 2 aliphatic heterocycles. The second-order valence-electron chi connectivity index (χ2n) is 5.77. The molecular weight excluding hydrogens is 302 g/mol. The molecule has 3 rings (SSSR count). The van der Waals surface area contributed by atoms with Crippen LogP contribution in [0.2, 0.25) is 0 Å². The zero-order valence-electron chi connectivity index (χ0n) is 12.4. The first-order valence-corrected chi connectivity index (χ1v) is 9.10. The van der Waals surface area contributed by atoms with Gasteiger partial charge in [-0.3, -0.25) is 4.79 Å². The fraction of sp³-hybridized carbons (Fsp3) is 0.438. The molecule has 1 saturated heterocycles. The molecule has 0 radical (unpaired) electrons. The van der Waals surface area contributed by atoms with Crippen molar-refractivity contribution < 1.29 is 17.9 Å². The SMILES string of the molecule is Cc1ccc(N(C(=O)C2CCCO2)C2C=CS(=O)(=O)C2)cc1. The number of sulfone groups is 1. The standard InChI is InChI=1S/C16H19NO4S/c1-12-4-6-13(7-5-12)17(14-8-10-22(19,20)11-14)16(18)15-3-2-9-21-15/h4-8,10,14-15H,2-3,9,11H2,1H3. The summed E-state index contributed by atoms with van der Waals surface area (Å²) in [4.78, 5) is 14.4. The van der Waals surface area contributed by atoms with Crippen LogP contribution in [0.3, 0.4) is 0 Å². The molecular formula is C16H19NO4S. The van der Waals surface area contributed by atoms with Gasteiger partial charge in [0, 0.05) is 17.7 Å². The lowest BCUT2D eigenvalue weighted by Crippen LogP contribution is -2.46. The Morgan fingerprint density at radius 3 is 2.55 bits per heavy atom. The van der Waals surface area contributed by atoms with Crippen LogP contribution in [-0.4, -0.2) is 38.8 Å². The normalized spacial score (nSPS) is 26.2. The molecule has 1 aromatic rings. The van der Waals surface area contributed by atoms with Gasteiger partial charge >= 0.3 is 0 Å². The van der Waals surface area contributed by atoms with Crippen LogP contribution in [0.15, 0.2) is 35.7 Å². The first-order chi connectivity index (χ1) is 10.5. The summed E-state index contributed by atoms with van der Waals surface area (Å²) in [5.74, 6) is -0.229. The fourth-order valence-electron chi connectivity index (χ4n) is 2.84. The van der Waals surface area contributed by atoms with E-state index >= 15 is 0 Å². The first kappa shape index (κ1) is 15.2. The largest absolute Gasteiger partial charge is 0.368 e. The van der Waals surface area contributed by atoms with E-state index in [0.717, 1.165) is 12.0 Å². The fourth-order valence-corrected chi connectivity index (χ4v) is 4.10. The third kappa shape index (κ3) is 3.08. The first-order valence-electron chi connectivity index (χ1n) is 7.38. The maximum Gasteiger partial charge on any atom is 0.256 e. The summed E-state index contributed by atoms with van der Waals surface area (Å²) in [5.41, 5.74) is 1.79. The van der Waals surface area contributed by atoms with Gasteiger partial charge in [-0.2, -0.15) is 0 Å². The second-order valence-corrected chi connectivity index (χ2v) is 7.70. The summed E-state index contributed by atoms with van der Waals surface area (Å²) >= 11 is 0. The molecule has 0 aromatic heterocycles. The summed E-state index contributed by atoms with van der Waals surface area (Å²) < 4.78 is 28.9. The van der Waals surface area contributed by atoms with Gasteiger partial charge in [-0.1, -0.05) is 17.7 Å². The average molecular weight is 321 g/mol. The quantitative estimate of drug-likeness (QED) is 0.852. The summed E-state index contributed by atoms with van der Waals surface area (Å²) in [5, 5.41) is 1.20. The third-order valence-electron chi connectivity index (χ3n) is 4.00. The number of hydrogen-bond acceptors (Lipinski definition) is 4. The number of carbonyl (C=O) groups is 1. The number of rotatable bonds is 3. The summed E-state index contributed by atoms with van der Waals surface area (Å²) in [6, 6.07) is 7.06. The van der Waals surface area contributed by atoms with Crippen LogP contribution in [0.25, 0.3) is 0 Å². The lowest BCUT2D eigenvalue weighted by atomic mass is 10.1. The van der Waals surface area contributed by atoms with Gasteiger partial charge in [0.05, 0.1) is 11.8 Å². The van der Waals surface area contributed by atoms with Gasteiger partial charge in [-0.15, -0.1) is 0 Å². The zero-order valence-corrected chi connectivity index (χ0v) is 13.3. The lowest BCUT2D eigenvalue weighted by Gasteiger charge is -2.29. The maximum atomic E-state index is 12.8. The van der Waals surface area contributed by atoms with E-state index < -0.39 is 22.0 Å². The van der Waals surface area contributed by atoms with Crippen molar-refractivity contribution >= 4 is 21.4 Å². The lowest BCUT2D eigenvalue weighted by molar-refractivity contribution is -0.127. The number of aryl methyl sites for hydroxylation is 1. The van der Waals surface area contributed by atoms with Crippen LogP contribution in [0.5, 0.6) is 0 Å². The minimum Gasteiger partial charge on any atom is -0.368 e. The Morgan fingerprint density at radius 1 is 1.27 bits per heavy atom. The van der Waals surface area contributed by atoms with Crippen LogP contribution in [0.4, 0.5) is 5.69 Å². The van der Waals surface area contributed by atoms with Gasteiger partial charge in [0.1, 0.15) is 6.10 Å². The number of anilines is 1. The highest BCUT2D eigenvalue weighted by atomic mass is 32.2. The predicted octanol–water partition coefficient (Wildman–Crippen LogP) is 1.82. The van der Waals surface area contributed by atoms with E-state index in [2.05, 4.69) is 0 Å². The Bertz CT molecular complexity index is 687. The molecule has 2 heterocycles. The van der Waals surface area contributed by atoms with Crippen LogP contribution in [-0.2, 0) is 19.4 Å². The Labute approximate surface area is 130 Å². The van der Waals surface area contributed by atoms with Gasteiger partial charge in [-0.05, 0) is 38.0 Å². The molecule has 1 amide bonds. The third-order valence-corrected chi connectivity index (χ3v) is 5.38. The smallest absolute Gasteiger partial charge is 0.256 e. The molecule has 0 bridgehead atoms. The molecule has 2 unspecified atom stereocenters. The van der Waals surface area contributed by atoms with Crippen LogP contribution < -0.4 is 4.90 Å². The monoisotopic (exact) mass is 321 g/mol. The van der Waals surface area contributed by atoms with Crippen molar-refractivity contribution in [1.82, 2.24) is 0 Å². The molecule has 6 heteroatoms. The minimum atomic E-state index is -3.23. The van der Waals surface area contributed by atoms with Crippen LogP contribution >= 0.6 is 0 Å². The Balaban J connectivity index is 1.93. The van der Waals surface area contributed by atoms with E-state index in [4.69, 9.17) is 4.74 Å². The summed E-state index contributed by atoms with van der Waals surface area (Å²) in [7, 11) is -3.23. The average Bonchev–Trinajstić information content (AvgIpc) is 3.11. The predicted molar refractivity (Wildman–Crippen MR) is 84.4 cm³/mol. The molecule has 1 fully saturated rings. The van der Waals surface area contributed by atoms with E-state index in [-0.39, 0.29) is 11.7 Å². The van der Waals surface area contributed by atoms with Gasteiger partial charge in [0.2, 0.25) is 0 Å². The number of hydrogen-bond donors (Lipinski definition) is 0. The second kappa shape index (κ2) is 5.85. The van der Waals surface area contributed by atoms with Crippen molar-refractivity contribution in [2.75, 3.05) is 17.3 Å². The van der Waals surface area contributed by atoms with E-state index in [1.807, 2.05) is 31.2 Å². The highest BCUT2D eigenvalue weighted by Crippen LogP contribution is 2.26. The Hall–Kier alpha value is -1.66. The Kier molecular flexibility index (Phi) is 4.06. The van der Waals surface area contributed by atoms with E-state index in [9.17, 15) is 13.2 Å². The number of nitrogens with zero attached hydrogens (tertiary/aromatic N) is 1. The summed E-state index contributed by atoms with van der Waals surface area (Å²) in [6.07, 6.45) is 2.65. The van der Waals surface area contributed by atoms with Crippen molar-refractivity contribution in [3.8, 4) is 0 Å². The van der Waals surface area contributed by atoms with Crippen molar-refractivity contribution in [3.63, 3.8) is 0 Å². The molecule has 0 aliphatic carbocycles. The zero-order chi connectivity index (χ0) is 15.7. The highest BCUT2D eigenvalue weighted by molar-refractivity contribution is 7.94. The number of benzene rings is 1. The maximum absolute atomic E-state index is 12.8. The van der Waals surface area contributed by atoms with Gasteiger partial charge in [-0.25, -0.2) is 8.42 Å². The van der Waals surface area contributed by atoms with E-state index in [0.29, 0.717) is 18.7 Å². The number of amides is 1. The molecule has 0 N–H and O–H groups in total. The van der Waals surface area contributed by atoms with Crippen LogP contribution in [0, 0.1) is 6.92 Å². The number of ether oxygens (including phenoxy) is 1. The van der Waals surface area contributed by atoms with Crippen molar-refractivity contribution in [2.24, 2.45) is 0 Å². The molecule has 2 atom stereocenters. The van der Waals surface area contributed by atoms with Crippen LogP contribution in [0.1, 0.15) is 18.4 Å². The van der Waals surface area contributed by atoms with Crippen molar-refractivity contribution in [2.45, 2.75) is 31.9 Å². The molecule has 0 spiro atoms. The molecule has 118 valence electrons. The minimum absolute atomic E-state index is 0.0701. The summed E-state index contributed by atoms with van der Waals surface area (Å²) in [6.45, 7) is 2.55. The van der Waals surface area contributed by atoms with E-state index in [1.54, 1.807) is 11.0 Å². The Morgan fingerprint density at radius 2 is 2.00 bits per heavy atom.